The zero-order valence-corrected chi connectivity index (χ0v) is 15.2. The predicted molar refractivity (Wildman–Crippen MR) is 104 cm³/mol. The van der Waals surface area contributed by atoms with Gasteiger partial charge < -0.3 is 20.4 Å². The molecular formula is C20H23FN4O2. The lowest BCUT2D eigenvalue weighted by Crippen LogP contribution is -2.50. The van der Waals surface area contributed by atoms with Gasteiger partial charge in [-0.3, -0.25) is 9.59 Å². The number of hydrogen-bond acceptors (Lipinski definition) is 4. The van der Waals surface area contributed by atoms with Gasteiger partial charge in [-0.05, 0) is 36.4 Å². The Morgan fingerprint density at radius 3 is 2.33 bits per heavy atom. The molecule has 142 valence electrons. The van der Waals surface area contributed by atoms with Crippen LogP contribution in [0.25, 0.3) is 0 Å². The highest BCUT2D eigenvalue weighted by molar-refractivity contribution is 5.99. The molecule has 0 unspecified atom stereocenters. The Morgan fingerprint density at radius 1 is 1.00 bits per heavy atom. The van der Waals surface area contributed by atoms with Crippen LogP contribution in [0.1, 0.15) is 10.4 Å². The fourth-order valence-corrected chi connectivity index (χ4v) is 3.12. The molecule has 2 amide bonds. The largest absolute Gasteiger partial charge is 0.376 e. The molecule has 6 nitrogen and oxygen atoms in total. The highest BCUT2D eigenvalue weighted by Crippen LogP contribution is 2.18. The summed E-state index contributed by atoms with van der Waals surface area (Å²) in [6, 6.07) is 13.5. The second-order valence-corrected chi connectivity index (χ2v) is 6.32. The van der Waals surface area contributed by atoms with Crippen molar-refractivity contribution in [3.05, 3.63) is 59.9 Å². The van der Waals surface area contributed by atoms with Crippen molar-refractivity contribution in [1.82, 2.24) is 10.2 Å². The Bertz CT molecular complexity index is 802. The molecule has 3 rings (SSSR count). The number of hydrogen-bond donors (Lipinski definition) is 2. The van der Waals surface area contributed by atoms with Gasteiger partial charge in [0.15, 0.2) is 0 Å². The summed E-state index contributed by atoms with van der Waals surface area (Å²) in [5, 5.41) is 5.66. The summed E-state index contributed by atoms with van der Waals surface area (Å²) in [7, 11) is 1.57. The zero-order valence-electron chi connectivity index (χ0n) is 15.2. The van der Waals surface area contributed by atoms with Crippen LogP contribution < -0.4 is 15.5 Å². The second kappa shape index (κ2) is 8.53. The Balaban J connectivity index is 1.53. The molecule has 1 aliphatic rings. The summed E-state index contributed by atoms with van der Waals surface area (Å²) in [5.74, 6) is -0.463. The number of nitrogens with zero attached hydrogens (tertiary/aromatic N) is 2. The minimum Gasteiger partial charge on any atom is -0.376 e. The number of carbonyl (C=O) groups is 2. The number of rotatable bonds is 5. The quantitative estimate of drug-likeness (QED) is 0.844. The Morgan fingerprint density at radius 2 is 1.67 bits per heavy atom. The summed E-state index contributed by atoms with van der Waals surface area (Å²) in [6.45, 7) is 2.74. The van der Waals surface area contributed by atoms with Crippen molar-refractivity contribution in [2.24, 2.45) is 0 Å². The molecule has 1 aliphatic heterocycles. The molecular weight excluding hydrogens is 347 g/mol. The van der Waals surface area contributed by atoms with Gasteiger partial charge in [-0.25, -0.2) is 4.39 Å². The monoisotopic (exact) mass is 370 g/mol. The molecule has 0 spiro atoms. The third-order valence-electron chi connectivity index (χ3n) is 4.65. The minimum absolute atomic E-state index is 0.0135. The first-order valence-corrected chi connectivity index (χ1v) is 8.92. The first-order valence-electron chi connectivity index (χ1n) is 8.92. The Hall–Kier alpha value is -3.09. The third kappa shape index (κ3) is 4.55. The van der Waals surface area contributed by atoms with Crippen LogP contribution in [0.15, 0.2) is 48.5 Å². The molecule has 2 aromatic rings. The van der Waals surface area contributed by atoms with Gasteiger partial charge in [-0.1, -0.05) is 12.1 Å². The van der Waals surface area contributed by atoms with Gasteiger partial charge in [0, 0.05) is 44.6 Å². The van der Waals surface area contributed by atoms with E-state index in [0.29, 0.717) is 37.4 Å². The van der Waals surface area contributed by atoms with Crippen molar-refractivity contribution in [2.75, 3.05) is 50.0 Å². The summed E-state index contributed by atoms with van der Waals surface area (Å²) in [5.41, 5.74) is 2.10. The van der Waals surface area contributed by atoms with Crippen LogP contribution in [0.2, 0.25) is 0 Å². The highest BCUT2D eigenvalue weighted by Gasteiger charge is 2.21. The van der Waals surface area contributed by atoms with E-state index in [1.54, 1.807) is 42.3 Å². The Labute approximate surface area is 158 Å². The van der Waals surface area contributed by atoms with Gasteiger partial charge in [0.05, 0.1) is 12.1 Å². The standard InChI is InChI=1S/C20H23FN4O2/c1-22-20(27)17-4-2-3-5-18(17)23-14-19(26)25-12-10-24(11-13-25)16-8-6-15(21)7-9-16/h2-9,23H,10-14H2,1H3,(H,22,27). The fourth-order valence-electron chi connectivity index (χ4n) is 3.12. The van der Waals surface area contributed by atoms with Gasteiger partial charge in [0.25, 0.3) is 5.91 Å². The van der Waals surface area contributed by atoms with Crippen LogP contribution >= 0.6 is 0 Å². The molecule has 1 heterocycles. The molecule has 0 radical (unpaired) electrons. The van der Waals surface area contributed by atoms with E-state index in [-0.39, 0.29) is 24.2 Å². The first kappa shape index (κ1) is 18.7. The van der Waals surface area contributed by atoms with Gasteiger partial charge in [0.1, 0.15) is 5.82 Å². The van der Waals surface area contributed by atoms with Crippen LogP contribution in [0.4, 0.5) is 15.8 Å². The van der Waals surface area contributed by atoms with Crippen LogP contribution in [-0.4, -0.2) is 56.5 Å². The van der Waals surface area contributed by atoms with Crippen molar-refractivity contribution in [3.8, 4) is 0 Å². The summed E-state index contributed by atoms with van der Waals surface area (Å²) < 4.78 is 13.0. The summed E-state index contributed by atoms with van der Waals surface area (Å²) >= 11 is 0. The molecule has 0 atom stereocenters. The number of amides is 2. The molecule has 1 fully saturated rings. The topological polar surface area (TPSA) is 64.7 Å². The number of piperazine rings is 1. The van der Waals surface area contributed by atoms with Gasteiger partial charge in [0.2, 0.25) is 5.91 Å². The number of nitrogens with one attached hydrogen (secondary N) is 2. The summed E-state index contributed by atoms with van der Waals surface area (Å²) in [6.07, 6.45) is 0. The van der Waals surface area contributed by atoms with Crippen LogP contribution in [0.3, 0.4) is 0 Å². The lowest BCUT2D eigenvalue weighted by molar-refractivity contribution is -0.129. The third-order valence-corrected chi connectivity index (χ3v) is 4.65. The lowest BCUT2D eigenvalue weighted by Gasteiger charge is -2.36. The lowest BCUT2D eigenvalue weighted by atomic mass is 10.1. The maximum Gasteiger partial charge on any atom is 0.253 e. The average molecular weight is 370 g/mol. The van der Waals surface area contributed by atoms with Gasteiger partial charge in [-0.2, -0.15) is 0 Å². The number of para-hydroxylation sites is 1. The molecule has 2 aromatic carbocycles. The van der Waals surface area contributed by atoms with E-state index in [1.165, 1.54) is 12.1 Å². The zero-order chi connectivity index (χ0) is 19.2. The van der Waals surface area contributed by atoms with E-state index in [0.717, 1.165) is 5.69 Å². The average Bonchev–Trinajstić information content (AvgIpc) is 2.72. The van der Waals surface area contributed by atoms with E-state index < -0.39 is 0 Å². The van der Waals surface area contributed by atoms with E-state index >= 15 is 0 Å². The Kier molecular flexibility index (Phi) is 5.90. The van der Waals surface area contributed by atoms with Crippen LogP contribution in [0.5, 0.6) is 0 Å². The van der Waals surface area contributed by atoms with E-state index in [1.807, 2.05) is 6.07 Å². The van der Waals surface area contributed by atoms with Crippen molar-refractivity contribution in [1.29, 1.82) is 0 Å². The number of anilines is 2. The number of benzene rings is 2. The minimum atomic E-state index is -0.254. The highest BCUT2D eigenvalue weighted by atomic mass is 19.1. The van der Waals surface area contributed by atoms with E-state index in [9.17, 15) is 14.0 Å². The molecule has 7 heteroatoms. The molecule has 0 saturated carbocycles. The second-order valence-electron chi connectivity index (χ2n) is 6.32. The van der Waals surface area contributed by atoms with E-state index in [2.05, 4.69) is 15.5 Å². The van der Waals surface area contributed by atoms with Crippen molar-refractivity contribution in [3.63, 3.8) is 0 Å². The van der Waals surface area contributed by atoms with Crippen LogP contribution in [-0.2, 0) is 4.79 Å². The SMILES string of the molecule is CNC(=O)c1ccccc1NCC(=O)N1CCN(c2ccc(F)cc2)CC1. The van der Waals surface area contributed by atoms with E-state index in [4.69, 9.17) is 0 Å². The van der Waals surface area contributed by atoms with Gasteiger partial charge in [-0.15, -0.1) is 0 Å². The molecule has 0 aromatic heterocycles. The maximum absolute atomic E-state index is 13.0. The maximum atomic E-state index is 13.0. The van der Waals surface area contributed by atoms with Crippen molar-refractivity contribution in [2.45, 2.75) is 0 Å². The van der Waals surface area contributed by atoms with Crippen molar-refractivity contribution >= 4 is 23.2 Å². The number of carbonyl (C=O) groups excluding carboxylic acids is 2. The number of halogens is 1. The van der Waals surface area contributed by atoms with Crippen molar-refractivity contribution < 1.29 is 14.0 Å². The molecule has 0 bridgehead atoms. The molecule has 2 N–H and O–H groups in total. The van der Waals surface area contributed by atoms with Crippen LogP contribution in [0, 0.1) is 5.82 Å². The first-order chi connectivity index (χ1) is 13.1. The molecule has 0 aliphatic carbocycles. The molecule has 1 saturated heterocycles. The summed E-state index contributed by atoms with van der Waals surface area (Å²) in [4.78, 5) is 28.3. The fraction of sp³-hybridized carbons (Fsp3) is 0.300. The smallest absolute Gasteiger partial charge is 0.253 e. The van der Waals surface area contributed by atoms with Gasteiger partial charge >= 0.3 is 0 Å². The normalized spacial score (nSPS) is 14.0. The molecule has 27 heavy (non-hydrogen) atoms. The predicted octanol–water partition coefficient (Wildman–Crippen LogP) is 1.95.